The summed E-state index contributed by atoms with van der Waals surface area (Å²) in [6, 6.07) is 5.58. The van der Waals surface area contributed by atoms with E-state index in [0.29, 0.717) is 12.2 Å². The molecule has 0 unspecified atom stereocenters. The molecule has 1 aromatic rings. The number of hydrogen-bond acceptors (Lipinski definition) is 3. The van der Waals surface area contributed by atoms with Gasteiger partial charge >= 0.3 is 5.97 Å². The van der Waals surface area contributed by atoms with Gasteiger partial charge in [0.15, 0.2) is 0 Å². The lowest BCUT2D eigenvalue weighted by Crippen LogP contribution is -2.08. The summed E-state index contributed by atoms with van der Waals surface area (Å²) in [5.74, 6) is -0.903. The molecule has 1 aromatic carbocycles. The number of halogens is 1. The van der Waals surface area contributed by atoms with Crippen LogP contribution in [0.5, 0.6) is 0 Å². The second kappa shape index (κ2) is 5.11. The van der Waals surface area contributed by atoms with Crippen molar-refractivity contribution in [1.29, 1.82) is 5.26 Å². The second-order valence-corrected chi connectivity index (χ2v) is 2.90. The van der Waals surface area contributed by atoms with Gasteiger partial charge < -0.3 is 4.74 Å². The lowest BCUT2D eigenvalue weighted by Gasteiger charge is -2.03. The maximum Gasteiger partial charge on any atom is 0.310 e. The predicted molar refractivity (Wildman–Crippen MR) is 51.5 cm³/mol. The minimum absolute atomic E-state index is 0.00296. The van der Waals surface area contributed by atoms with Crippen molar-refractivity contribution in [3.05, 3.63) is 35.1 Å². The molecule has 0 saturated carbocycles. The van der Waals surface area contributed by atoms with Gasteiger partial charge in [0.05, 0.1) is 24.7 Å². The molecule has 0 amide bonds. The topological polar surface area (TPSA) is 50.1 Å². The molecule has 3 nitrogen and oxygen atoms in total. The number of ether oxygens (including phenoxy) is 1. The van der Waals surface area contributed by atoms with Gasteiger partial charge in [-0.2, -0.15) is 5.26 Å². The van der Waals surface area contributed by atoms with Gasteiger partial charge in [-0.3, -0.25) is 4.79 Å². The molecule has 0 bridgehead atoms. The molecule has 0 aromatic heterocycles. The zero-order valence-corrected chi connectivity index (χ0v) is 8.29. The fourth-order valence-corrected chi connectivity index (χ4v) is 1.17. The van der Waals surface area contributed by atoms with Crippen LogP contribution in [0.4, 0.5) is 4.39 Å². The van der Waals surface area contributed by atoms with Crippen LogP contribution in [-0.2, 0) is 16.0 Å². The monoisotopic (exact) mass is 207 g/mol. The quantitative estimate of drug-likeness (QED) is 0.710. The molecule has 0 fully saturated rings. The van der Waals surface area contributed by atoms with Crippen LogP contribution in [0.1, 0.15) is 18.1 Å². The third-order valence-electron chi connectivity index (χ3n) is 1.83. The van der Waals surface area contributed by atoms with E-state index in [1.54, 1.807) is 6.92 Å². The maximum absolute atomic E-state index is 12.8. The molecule has 0 spiro atoms. The van der Waals surface area contributed by atoms with Gasteiger partial charge in [-0.15, -0.1) is 0 Å². The van der Waals surface area contributed by atoms with Gasteiger partial charge in [0.1, 0.15) is 5.82 Å². The van der Waals surface area contributed by atoms with Gasteiger partial charge in [0.25, 0.3) is 0 Å². The molecule has 15 heavy (non-hydrogen) atoms. The van der Waals surface area contributed by atoms with Crippen LogP contribution in [0.15, 0.2) is 18.2 Å². The number of carbonyl (C=O) groups excluding carboxylic acids is 1. The standard InChI is InChI=1S/C11H10FNO2/c1-2-15-11(14)6-8-3-4-10(12)5-9(8)7-13/h3-5H,2,6H2,1H3. The molecule has 1 rings (SSSR count). The SMILES string of the molecule is CCOC(=O)Cc1ccc(F)cc1C#N. The summed E-state index contributed by atoms with van der Waals surface area (Å²) in [5, 5.41) is 8.72. The number of hydrogen-bond donors (Lipinski definition) is 0. The van der Waals surface area contributed by atoms with Crippen molar-refractivity contribution in [3.8, 4) is 6.07 Å². The molecule has 0 aliphatic heterocycles. The van der Waals surface area contributed by atoms with Gasteiger partial charge in [-0.05, 0) is 24.6 Å². The first-order valence-corrected chi connectivity index (χ1v) is 4.51. The van der Waals surface area contributed by atoms with E-state index in [0.717, 1.165) is 6.07 Å². The summed E-state index contributed by atoms with van der Waals surface area (Å²) in [5.41, 5.74) is 0.653. The third kappa shape index (κ3) is 3.06. The molecular weight excluding hydrogens is 197 g/mol. The number of rotatable bonds is 3. The highest BCUT2D eigenvalue weighted by molar-refractivity contribution is 5.73. The van der Waals surface area contributed by atoms with Crippen molar-refractivity contribution >= 4 is 5.97 Å². The Morgan fingerprint density at radius 3 is 2.93 bits per heavy atom. The molecule has 78 valence electrons. The Morgan fingerprint density at radius 2 is 2.33 bits per heavy atom. The average molecular weight is 207 g/mol. The zero-order chi connectivity index (χ0) is 11.3. The Bertz CT molecular complexity index is 410. The van der Waals surface area contributed by atoms with E-state index >= 15 is 0 Å². The molecule has 0 heterocycles. The molecular formula is C11H10FNO2. The first-order chi connectivity index (χ1) is 7.17. The third-order valence-corrected chi connectivity index (χ3v) is 1.83. The largest absolute Gasteiger partial charge is 0.466 e. The van der Waals surface area contributed by atoms with Crippen LogP contribution in [0, 0.1) is 17.1 Å². The van der Waals surface area contributed by atoms with Crippen molar-refractivity contribution in [3.63, 3.8) is 0 Å². The molecule has 0 aliphatic carbocycles. The van der Waals surface area contributed by atoms with E-state index in [9.17, 15) is 9.18 Å². The lowest BCUT2D eigenvalue weighted by atomic mass is 10.1. The van der Waals surface area contributed by atoms with Crippen LogP contribution in [0.25, 0.3) is 0 Å². The van der Waals surface area contributed by atoms with Gasteiger partial charge in [-0.25, -0.2) is 4.39 Å². The molecule has 0 radical (unpaired) electrons. The Morgan fingerprint density at radius 1 is 1.60 bits per heavy atom. The maximum atomic E-state index is 12.8. The van der Waals surface area contributed by atoms with Crippen molar-refractivity contribution < 1.29 is 13.9 Å². The first-order valence-electron chi connectivity index (χ1n) is 4.51. The molecule has 0 N–H and O–H groups in total. The van der Waals surface area contributed by atoms with Crippen molar-refractivity contribution in [2.24, 2.45) is 0 Å². The fraction of sp³-hybridized carbons (Fsp3) is 0.273. The van der Waals surface area contributed by atoms with Crippen LogP contribution >= 0.6 is 0 Å². The summed E-state index contributed by atoms with van der Waals surface area (Å²) in [6.45, 7) is 2.00. The number of benzene rings is 1. The van der Waals surface area contributed by atoms with Gasteiger partial charge in [-0.1, -0.05) is 6.07 Å². The van der Waals surface area contributed by atoms with E-state index in [2.05, 4.69) is 0 Å². The lowest BCUT2D eigenvalue weighted by molar-refractivity contribution is -0.142. The first kappa shape index (κ1) is 11.2. The summed E-state index contributed by atoms with van der Waals surface area (Å²) >= 11 is 0. The molecule has 0 saturated heterocycles. The Hall–Kier alpha value is -1.89. The zero-order valence-electron chi connectivity index (χ0n) is 8.29. The smallest absolute Gasteiger partial charge is 0.310 e. The average Bonchev–Trinajstić information content (AvgIpc) is 2.21. The number of nitrogens with zero attached hydrogens (tertiary/aromatic N) is 1. The van der Waals surface area contributed by atoms with Crippen LogP contribution < -0.4 is 0 Å². The van der Waals surface area contributed by atoms with Gasteiger partial charge in [0, 0.05) is 0 Å². The summed E-state index contributed by atoms with van der Waals surface area (Å²) in [6.07, 6.45) is -0.00296. The second-order valence-electron chi connectivity index (χ2n) is 2.90. The van der Waals surface area contributed by atoms with E-state index in [-0.39, 0.29) is 12.0 Å². The normalized spacial score (nSPS) is 9.40. The highest BCUT2D eigenvalue weighted by Gasteiger charge is 2.09. The Kier molecular flexibility index (Phi) is 3.81. The Balaban J connectivity index is 2.86. The molecule has 0 aliphatic rings. The number of nitriles is 1. The van der Waals surface area contributed by atoms with Crippen molar-refractivity contribution in [2.75, 3.05) is 6.61 Å². The highest BCUT2D eigenvalue weighted by atomic mass is 19.1. The van der Waals surface area contributed by atoms with Gasteiger partial charge in [0.2, 0.25) is 0 Å². The van der Waals surface area contributed by atoms with Crippen LogP contribution in [0.2, 0.25) is 0 Å². The fourth-order valence-electron chi connectivity index (χ4n) is 1.17. The minimum atomic E-state index is -0.487. The summed E-state index contributed by atoms with van der Waals surface area (Å²) in [4.78, 5) is 11.1. The summed E-state index contributed by atoms with van der Waals surface area (Å²) < 4.78 is 17.5. The van der Waals surface area contributed by atoms with Crippen LogP contribution in [-0.4, -0.2) is 12.6 Å². The van der Waals surface area contributed by atoms with E-state index in [4.69, 9.17) is 10.00 Å². The van der Waals surface area contributed by atoms with Crippen molar-refractivity contribution in [2.45, 2.75) is 13.3 Å². The Labute approximate surface area is 87.1 Å². The highest BCUT2D eigenvalue weighted by Crippen LogP contribution is 2.11. The van der Waals surface area contributed by atoms with E-state index in [1.807, 2.05) is 6.07 Å². The molecule has 0 atom stereocenters. The minimum Gasteiger partial charge on any atom is -0.466 e. The molecule has 4 heteroatoms. The number of esters is 1. The predicted octanol–water partition coefficient (Wildman–Crippen LogP) is 1.80. The van der Waals surface area contributed by atoms with E-state index in [1.165, 1.54) is 12.1 Å². The number of carbonyl (C=O) groups is 1. The van der Waals surface area contributed by atoms with E-state index < -0.39 is 11.8 Å². The van der Waals surface area contributed by atoms with Crippen LogP contribution in [0.3, 0.4) is 0 Å². The van der Waals surface area contributed by atoms with Crippen molar-refractivity contribution in [1.82, 2.24) is 0 Å². The summed E-state index contributed by atoms with van der Waals surface area (Å²) in [7, 11) is 0.